The van der Waals surface area contributed by atoms with Crippen LogP contribution >= 0.6 is 0 Å². The van der Waals surface area contributed by atoms with Gasteiger partial charge in [0, 0.05) is 17.7 Å². The molecule has 1 aliphatic carbocycles. The number of aromatic nitrogens is 1. The molecule has 2 N–H and O–H groups in total. The van der Waals surface area contributed by atoms with Crippen LogP contribution in [-0.4, -0.2) is 9.91 Å². The number of nitrogens with zero attached hydrogens (tertiary/aromatic N) is 4. The molecule has 26 heavy (non-hydrogen) atoms. The number of non-ortho nitro benzene ring substituents is 1. The smallest absolute Gasteiger partial charge is 0.270 e. The van der Waals surface area contributed by atoms with E-state index in [2.05, 4.69) is 11.1 Å². The van der Waals surface area contributed by atoms with Crippen LogP contribution in [0.4, 0.5) is 11.5 Å². The largest absolute Gasteiger partial charge is 0.383 e. The molecule has 3 rings (SSSR count). The van der Waals surface area contributed by atoms with E-state index in [4.69, 9.17) is 5.73 Å². The number of fused-ring (bicyclic) bond motifs is 1. The molecule has 0 unspecified atom stereocenters. The Morgan fingerprint density at radius 1 is 1.27 bits per heavy atom. The van der Waals surface area contributed by atoms with Crippen molar-refractivity contribution in [1.29, 1.82) is 10.5 Å². The Labute approximate surface area is 149 Å². The summed E-state index contributed by atoms with van der Waals surface area (Å²) in [6.45, 7) is 3.54. The van der Waals surface area contributed by atoms with Gasteiger partial charge in [-0.05, 0) is 42.2 Å². The van der Waals surface area contributed by atoms with Gasteiger partial charge in [0.1, 0.15) is 18.0 Å². The molecule has 7 heteroatoms. The lowest BCUT2D eigenvalue weighted by Crippen LogP contribution is -2.03. The van der Waals surface area contributed by atoms with E-state index in [9.17, 15) is 20.6 Å². The fraction of sp³-hybridized carbons (Fsp3) is 0.105. The minimum absolute atomic E-state index is 0.0235. The molecule has 1 aromatic carbocycles. The molecule has 0 fully saturated rings. The van der Waals surface area contributed by atoms with Gasteiger partial charge in [-0.15, -0.1) is 0 Å². The molecular formula is C19H13N5O2. The van der Waals surface area contributed by atoms with Gasteiger partial charge in [-0.2, -0.15) is 10.5 Å². The van der Waals surface area contributed by atoms with Gasteiger partial charge in [0.05, 0.1) is 21.8 Å². The van der Waals surface area contributed by atoms with Crippen molar-refractivity contribution in [1.82, 2.24) is 4.98 Å². The molecule has 0 aliphatic heterocycles. The molecule has 126 valence electrons. The Balaban J connectivity index is 2.30. The average molecular weight is 343 g/mol. The summed E-state index contributed by atoms with van der Waals surface area (Å²) in [4.78, 5) is 14.8. The quantitative estimate of drug-likeness (QED) is 0.655. The van der Waals surface area contributed by atoms with Gasteiger partial charge in [0.15, 0.2) is 0 Å². The number of nitrogen functional groups attached to an aromatic ring is 1. The van der Waals surface area contributed by atoms with Crippen LogP contribution in [0.25, 0.3) is 17.2 Å². The molecule has 1 heterocycles. The van der Waals surface area contributed by atoms with Crippen LogP contribution < -0.4 is 5.73 Å². The van der Waals surface area contributed by atoms with Crippen LogP contribution in [0.3, 0.4) is 0 Å². The monoisotopic (exact) mass is 343 g/mol. The van der Waals surface area contributed by atoms with Crippen molar-refractivity contribution in [3.63, 3.8) is 0 Å². The Morgan fingerprint density at radius 3 is 2.62 bits per heavy atom. The van der Waals surface area contributed by atoms with E-state index in [1.54, 1.807) is 32.1 Å². The van der Waals surface area contributed by atoms with Crippen molar-refractivity contribution in [3.05, 3.63) is 67.9 Å². The minimum atomic E-state index is -0.463. The SMILES string of the molecule is CC1=C(C#N)c2nc(N)c(C#N)c(C)c2/C1=C\c1cccc([N+](=O)[O-])c1. The van der Waals surface area contributed by atoms with E-state index >= 15 is 0 Å². The number of nitrogens with two attached hydrogens (primary N) is 1. The minimum Gasteiger partial charge on any atom is -0.383 e. The maximum Gasteiger partial charge on any atom is 0.270 e. The fourth-order valence-corrected chi connectivity index (χ4v) is 3.09. The first-order valence-electron chi connectivity index (χ1n) is 7.67. The number of allylic oxidation sites excluding steroid dienone is 3. The van der Waals surface area contributed by atoms with Gasteiger partial charge in [0.25, 0.3) is 5.69 Å². The highest BCUT2D eigenvalue weighted by atomic mass is 16.6. The summed E-state index contributed by atoms with van der Waals surface area (Å²) in [7, 11) is 0. The predicted octanol–water partition coefficient (Wildman–Crippen LogP) is 3.60. The van der Waals surface area contributed by atoms with Gasteiger partial charge in [-0.3, -0.25) is 10.1 Å². The summed E-state index contributed by atoms with van der Waals surface area (Å²) in [6.07, 6.45) is 1.76. The molecule has 0 bridgehead atoms. The second-order valence-corrected chi connectivity index (χ2v) is 5.85. The number of nitro groups is 1. The zero-order valence-corrected chi connectivity index (χ0v) is 14.1. The third-order valence-corrected chi connectivity index (χ3v) is 4.38. The van der Waals surface area contributed by atoms with Crippen molar-refractivity contribution in [2.45, 2.75) is 13.8 Å². The van der Waals surface area contributed by atoms with E-state index in [0.717, 1.165) is 0 Å². The first-order valence-corrected chi connectivity index (χ1v) is 7.67. The Kier molecular flexibility index (Phi) is 3.99. The first-order chi connectivity index (χ1) is 12.4. The number of anilines is 1. The average Bonchev–Trinajstić information content (AvgIpc) is 2.86. The Bertz CT molecular complexity index is 1110. The number of benzene rings is 1. The second-order valence-electron chi connectivity index (χ2n) is 5.85. The number of rotatable bonds is 2. The van der Waals surface area contributed by atoms with Crippen LogP contribution in [0.5, 0.6) is 0 Å². The molecule has 0 saturated carbocycles. The lowest BCUT2D eigenvalue weighted by molar-refractivity contribution is -0.384. The van der Waals surface area contributed by atoms with Crippen LogP contribution in [-0.2, 0) is 0 Å². The van der Waals surface area contributed by atoms with Crippen molar-refractivity contribution < 1.29 is 4.92 Å². The second kappa shape index (κ2) is 6.15. The van der Waals surface area contributed by atoms with Gasteiger partial charge < -0.3 is 5.73 Å². The van der Waals surface area contributed by atoms with Crippen molar-refractivity contribution in [2.24, 2.45) is 0 Å². The predicted molar refractivity (Wildman–Crippen MR) is 97.3 cm³/mol. The molecular weight excluding hydrogens is 330 g/mol. The molecule has 0 spiro atoms. The van der Waals surface area contributed by atoms with Gasteiger partial charge in [-0.25, -0.2) is 4.98 Å². The van der Waals surface area contributed by atoms with Crippen molar-refractivity contribution >= 4 is 28.7 Å². The summed E-state index contributed by atoms with van der Waals surface area (Å²) >= 11 is 0. The van der Waals surface area contributed by atoms with Crippen LogP contribution in [0.2, 0.25) is 0 Å². The van der Waals surface area contributed by atoms with E-state index in [-0.39, 0.29) is 17.1 Å². The summed E-state index contributed by atoms with van der Waals surface area (Å²) < 4.78 is 0. The molecule has 0 saturated heterocycles. The Morgan fingerprint density at radius 2 is 2.00 bits per heavy atom. The molecule has 0 amide bonds. The normalized spacial score (nSPS) is 14.1. The highest BCUT2D eigenvalue weighted by molar-refractivity contribution is 6.08. The number of hydrogen-bond acceptors (Lipinski definition) is 6. The topological polar surface area (TPSA) is 130 Å². The molecule has 1 aromatic heterocycles. The number of nitro benzene ring substituents is 1. The molecule has 0 atom stereocenters. The van der Waals surface area contributed by atoms with Crippen LogP contribution in [0, 0.1) is 39.7 Å². The molecule has 2 aromatic rings. The maximum atomic E-state index is 11.0. The number of pyridine rings is 1. The highest BCUT2D eigenvalue weighted by Crippen LogP contribution is 2.44. The van der Waals surface area contributed by atoms with Gasteiger partial charge >= 0.3 is 0 Å². The van der Waals surface area contributed by atoms with E-state index < -0.39 is 4.92 Å². The third-order valence-electron chi connectivity index (χ3n) is 4.38. The van der Waals surface area contributed by atoms with Gasteiger partial charge in [-0.1, -0.05) is 12.1 Å². The standard InChI is InChI=1S/C19H13N5O2/c1-10-14(7-12-4-3-5-13(6-12)24(25)26)17-11(2)16(9-21)19(22)23-18(17)15(10)8-20/h3-7H,1-2H3,(H2,22,23)/b14-7-. The summed E-state index contributed by atoms with van der Waals surface area (Å²) in [5.41, 5.74) is 10.2. The lowest BCUT2D eigenvalue weighted by atomic mass is 9.95. The maximum absolute atomic E-state index is 11.0. The Hall–Kier alpha value is -3.97. The van der Waals surface area contributed by atoms with Crippen molar-refractivity contribution in [3.8, 4) is 12.1 Å². The first kappa shape index (κ1) is 16.9. The van der Waals surface area contributed by atoms with Gasteiger partial charge in [0.2, 0.25) is 0 Å². The lowest BCUT2D eigenvalue weighted by Gasteiger charge is -2.10. The molecule has 7 nitrogen and oxygen atoms in total. The molecule has 1 aliphatic rings. The van der Waals surface area contributed by atoms with Crippen LogP contribution in [0.15, 0.2) is 29.8 Å². The van der Waals surface area contributed by atoms with E-state index in [0.29, 0.717) is 39.1 Å². The fourth-order valence-electron chi connectivity index (χ4n) is 3.09. The van der Waals surface area contributed by atoms with Crippen LogP contribution in [0.1, 0.15) is 34.9 Å². The van der Waals surface area contributed by atoms with Crippen molar-refractivity contribution in [2.75, 3.05) is 5.73 Å². The summed E-state index contributed by atoms with van der Waals surface area (Å²) in [5, 5.41) is 29.9. The highest BCUT2D eigenvalue weighted by Gasteiger charge is 2.29. The number of hydrogen-bond donors (Lipinski definition) is 1. The summed E-state index contributed by atoms with van der Waals surface area (Å²) in [5.74, 6) is 0.0842. The van der Waals surface area contributed by atoms with E-state index in [1.807, 2.05) is 6.07 Å². The number of nitriles is 2. The zero-order valence-electron chi connectivity index (χ0n) is 14.1. The summed E-state index contributed by atoms with van der Waals surface area (Å²) in [6, 6.07) is 10.4. The zero-order chi connectivity index (χ0) is 19.0. The molecule has 0 radical (unpaired) electrons. The third kappa shape index (κ3) is 2.48. The van der Waals surface area contributed by atoms with E-state index in [1.165, 1.54) is 12.1 Å².